The van der Waals surface area contributed by atoms with E-state index in [-0.39, 0.29) is 22.8 Å². The number of carbonyl (C=O) groups is 1. The number of ether oxygens (including phenoxy) is 1. The summed E-state index contributed by atoms with van der Waals surface area (Å²) in [6.07, 6.45) is -0.593. The van der Waals surface area contributed by atoms with E-state index in [0.717, 1.165) is 6.07 Å². The third-order valence-corrected chi connectivity index (χ3v) is 3.36. The van der Waals surface area contributed by atoms with Crippen LogP contribution in [0.15, 0.2) is 36.4 Å². The average molecular weight is 295 g/mol. The molecule has 3 rings (SSSR count). The van der Waals surface area contributed by atoms with Crippen molar-refractivity contribution in [1.29, 1.82) is 0 Å². The second kappa shape index (κ2) is 4.87. The van der Waals surface area contributed by atoms with E-state index in [1.807, 2.05) is 0 Å². The molecule has 0 fully saturated rings. The Bertz CT molecular complexity index is 680. The van der Waals surface area contributed by atoms with Gasteiger partial charge in [0.2, 0.25) is 0 Å². The van der Waals surface area contributed by atoms with Crippen LogP contribution < -0.4 is 4.74 Å². The zero-order valence-corrected chi connectivity index (χ0v) is 11.0. The lowest BCUT2D eigenvalue weighted by atomic mass is 9.96. The molecule has 2 aromatic carbocycles. The number of hydrogen-bond acceptors (Lipinski definition) is 2. The summed E-state index contributed by atoms with van der Waals surface area (Å²) in [4.78, 5) is 12.0. The Hall–Kier alpha value is -1.94. The Balaban J connectivity index is 1.99. The highest BCUT2D eigenvalue weighted by Crippen LogP contribution is 2.36. The van der Waals surface area contributed by atoms with E-state index >= 15 is 0 Å². The Morgan fingerprint density at radius 1 is 1.10 bits per heavy atom. The zero-order chi connectivity index (χ0) is 14.3. The summed E-state index contributed by atoms with van der Waals surface area (Å²) < 4.78 is 32.1. The first-order valence-corrected chi connectivity index (χ1v) is 6.36. The first kappa shape index (κ1) is 13.1. The number of fused-ring (bicyclic) bond motifs is 1. The van der Waals surface area contributed by atoms with Gasteiger partial charge in [0, 0.05) is 5.02 Å². The average Bonchev–Trinajstić information content (AvgIpc) is 2.38. The van der Waals surface area contributed by atoms with Crippen LogP contribution in [0.3, 0.4) is 0 Å². The summed E-state index contributed by atoms with van der Waals surface area (Å²) in [6, 6.07) is 7.77. The van der Waals surface area contributed by atoms with Gasteiger partial charge in [-0.1, -0.05) is 11.6 Å². The predicted octanol–water partition coefficient (Wildman–Crippen LogP) is 4.32. The molecular weight excluding hydrogens is 286 g/mol. The van der Waals surface area contributed by atoms with Crippen LogP contribution in [0, 0.1) is 11.6 Å². The molecule has 0 saturated carbocycles. The number of hydrogen-bond donors (Lipinski definition) is 0. The molecule has 20 heavy (non-hydrogen) atoms. The van der Waals surface area contributed by atoms with Crippen LogP contribution >= 0.6 is 11.6 Å². The van der Waals surface area contributed by atoms with E-state index in [0.29, 0.717) is 11.3 Å². The number of benzene rings is 2. The topological polar surface area (TPSA) is 26.3 Å². The van der Waals surface area contributed by atoms with Crippen molar-refractivity contribution in [2.75, 3.05) is 0 Å². The van der Waals surface area contributed by atoms with Crippen LogP contribution in [0.5, 0.6) is 5.75 Å². The quantitative estimate of drug-likeness (QED) is 0.783. The summed E-state index contributed by atoms with van der Waals surface area (Å²) in [7, 11) is 0. The molecule has 5 heteroatoms. The van der Waals surface area contributed by atoms with E-state index in [2.05, 4.69) is 0 Å². The van der Waals surface area contributed by atoms with Gasteiger partial charge in [0.25, 0.3) is 0 Å². The van der Waals surface area contributed by atoms with E-state index in [1.165, 1.54) is 24.3 Å². The highest BCUT2D eigenvalue weighted by Gasteiger charge is 2.28. The van der Waals surface area contributed by atoms with Gasteiger partial charge in [0.05, 0.1) is 12.0 Å². The Kier molecular flexibility index (Phi) is 3.18. The largest absolute Gasteiger partial charge is 0.484 e. The lowest BCUT2D eigenvalue weighted by molar-refractivity contribution is 0.0848. The standard InChI is InChI=1S/C15H9ClF2O2/c16-9-3-8(4-11(18)5-9)15-7-13(19)12-6-10(17)1-2-14(12)20-15/h1-6,15H,7H2. The van der Waals surface area contributed by atoms with Gasteiger partial charge >= 0.3 is 0 Å². The molecule has 1 aliphatic rings. The summed E-state index contributed by atoms with van der Waals surface area (Å²) in [5.74, 6) is -0.925. The fourth-order valence-electron chi connectivity index (χ4n) is 2.24. The van der Waals surface area contributed by atoms with Crippen molar-refractivity contribution < 1.29 is 18.3 Å². The smallest absolute Gasteiger partial charge is 0.170 e. The molecular formula is C15H9ClF2O2. The van der Waals surface area contributed by atoms with Gasteiger partial charge in [0.15, 0.2) is 5.78 Å². The van der Waals surface area contributed by atoms with E-state index < -0.39 is 17.7 Å². The highest BCUT2D eigenvalue weighted by atomic mass is 35.5. The molecule has 0 aromatic heterocycles. The van der Waals surface area contributed by atoms with E-state index in [4.69, 9.17) is 16.3 Å². The molecule has 0 spiro atoms. The molecule has 0 amide bonds. The van der Waals surface area contributed by atoms with Crippen molar-refractivity contribution in [2.24, 2.45) is 0 Å². The summed E-state index contributed by atoms with van der Waals surface area (Å²) >= 11 is 5.80. The highest BCUT2D eigenvalue weighted by molar-refractivity contribution is 6.30. The van der Waals surface area contributed by atoms with Crippen LogP contribution in [0.2, 0.25) is 5.02 Å². The number of ketones is 1. The Morgan fingerprint density at radius 2 is 1.90 bits per heavy atom. The third kappa shape index (κ3) is 2.39. The summed E-state index contributed by atoms with van der Waals surface area (Å²) in [5, 5.41) is 0.237. The molecule has 2 aromatic rings. The minimum absolute atomic E-state index is 0.0240. The fraction of sp³-hybridized carbons (Fsp3) is 0.133. The fourth-order valence-corrected chi connectivity index (χ4v) is 2.47. The van der Waals surface area contributed by atoms with Gasteiger partial charge in [-0.2, -0.15) is 0 Å². The van der Waals surface area contributed by atoms with Gasteiger partial charge in [-0.15, -0.1) is 0 Å². The zero-order valence-electron chi connectivity index (χ0n) is 10.2. The second-order valence-corrected chi connectivity index (χ2v) is 5.01. The molecule has 0 bridgehead atoms. The molecule has 0 saturated heterocycles. The monoisotopic (exact) mass is 294 g/mol. The molecule has 2 nitrogen and oxygen atoms in total. The van der Waals surface area contributed by atoms with Crippen molar-refractivity contribution >= 4 is 17.4 Å². The maximum absolute atomic E-state index is 13.4. The maximum atomic E-state index is 13.4. The molecule has 0 N–H and O–H groups in total. The molecule has 102 valence electrons. The summed E-state index contributed by atoms with van der Waals surface area (Å²) in [6.45, 7) is 0. The van der Waals surface area contributed by atoms with Gasteiger partial charge < -0.3 is 4.74 Å². The Labute approximate surface area is 118 Å². The number of halogens is 3. The van der Waals surface area contributed by atoms with Crippen LogP contribution in [-0.4, -0.2) is 5.78 Å². The van der Waals surface area contributed by atoms with E-state index in [9.17, 15) is 13.6 Å². The van der Waals surface area contributed by atoms with Crippen LogP contribution in [0.25, 0.3) is 0 Å². The van der Waals surface area contributed by atoms with Crippen molar-refractivity contribution in [2.45, 2.75) is 12.5 Å². The van der Waals surface area contributed by atoms with Crippen LogP contribution in [0.1, 0.15) is 28.4 Å². The van der Waals surface area contributed by atoms with Gasteiger partial charge in [0.1, 0.15) is 23.5 Å². The second-order valence-electron chi connectivity index (χ2n) is 4.58. The summed E-state index contributed by atoms with van der Waals surface area (Å²) in [5.41, 5.74) is 0.696. The Morgan fingerprint density at radius 3 is 2.65 bits per heavy atom. The molecule has 1 atom stereocenters. The van der Waals surface area contributed by atoms with Crippen molar-refractivity contribution in [1.82, 2.24) is 0 Å². The maximum Gasteiger partial charge on any atom is 0.170 e. The van der Waals surface area contributed by atoms with E-state index in [1.54, 1.807) is 6.07 Å². The van der Waals surface area contributed by atoms with Crippen molar-refractivity contribution in [3.8, 4) is 5.75 Å². The lowest BCUT2D eigenvalue weighted by Gasteiger charge is -2.25. The number of Topliss-reactive ketones (excluding diaryl/α,β-unsaturated/α-hetero) is 1. The molecule has 0 aliphatic carbocycles. The first-order valence-electron chi connectivity index (χ1n) is 5.98. The molecule has 1 heterocycles. The van der Waals surface area contributed by atoms with Gasteiger partial charge in [-0.25, -0.2) is 8.78 Å². The SMILES string of the molecule is O=C1CC(c2cc(F)cc(Cl)c2)Oc2ccc(F)cc21. The predicted molar refractivity (Wildman–Crippen MR) is 70.1 cm³/mol. The third-order valence-electron chi connectivity index (χ3n) is 3.14. The number of rotatable bonds is 1. The first-order chi connectivity index (χ1) is 9.52. The minimum atomic E-state index is -0.617. The minimum Gasteiger partial charge on any atom is -0.484 e. The molecule has 1 unspecified atom stereocenters. The normalized spacial score (nSPS) is 17.6. The molecule has 1 aliphatic heterocycles. The van der Waals surface area contributed by atoms with Crippen molar-refractivity contribution in [3.63, 3.8) is 0 Å². The van der Waals surface area contributed by atoms with Gasteiger partial charge in [-0.05, 0) is 42.0 Å². The van der Waals surface area contributed by atoms with Crippen LogP contribution in [-0.2, 0) is 0 Å². The molecule has 0 radical (unpaired) electrons. The lowest BCUT2D eigenvalue weighted by Crippen LogP contribution is -2.20. The van der Waals surface area contributed by atoms with Crippen LogP contribution in [0.4, 0.5) is 8.78 Å². The van der Waals surface area contributed by atoms with Gasteiger partial charge in [-0.3, -0.25) is 4.79 Å². The number of carbonyl (C=O) groups excluding carboxylic acids is 1. The van der Waals surface area contributed by atoms with Crippen molar-refractivity contribution in [3.05, 3.63) is 64.2 Å².